The van der Waals surface area contributed by atoms with Crippen LogP contribution in [0.25, 0.3) is 0 Å². The highest BCUT2D eigenvalue weighted by atomic mass is 32.1. The highest BCUT2D eigenvalue weighted by molar-refractivity contribution is 7.05. The molecule has 0 amide bonds. The molecule has 1 heterocycles. The molecule has 0 bridgehead atoms. The molecule has 5 heteroatoms. The predicted molar refractivity (Wildman–Crippen MR) is 76.0 cm³/mol. The number of hydrogen-bond donors (Lipinski definition) is 1. The monoisotopic (exact) mass is 271 g/mol. The highest BCUT2D eigenvalue weighted by Gasteiger charge is 2.19. The lowest BCUT2D eigenvalue weighted by atomic mass is 10.1. The van der Waals surface area contributed by atoms with Gasteiger partial charge in [-0.3, -0.25) is 0 Å². The molecular formula is C13H25N3OS. The van der Waals surface area contributed by atoms with Crippen LogP contribution in [0.1, 0.15) is 57.1 Å². The second-order valence-electron chi connectivity index (χ2n) is 4.72. The maximum Gasteiger partial charge on any atom is 0.0804 e. The molecule has 0 saturated heterocycles. The predicted octanol–water partition coefficient (Wildman–Crippen LogP) is 2.96. The van der Waals surface area contributed by atoms with Gasteiger partial charge in [-0.15, -0.1) is 5.10 Å². The van der Waals surface area contributed by atoms with E-state index in [1.165, 1.54) is 16.4 Å². The van der Waals surface area contributed by atoms with Crippen molar-refractivity contribution in [1.82, 2.24) is 14.9 Å². The van der Waals surface area contributed by atoms with Crippen molar-refractivity contribution in [2.75, 3.05) is 13.2 Å². The van der Waals surface area contributed by atoms with E-state index < -0.39 is 0 Å². The Morgan fingerprint density at radius 3 is 2.67 bits per heavy atom. The SMILES string of the molecule is CCCNC(COC(C)C)c1snnc1CCC. The molecule has 104 valence electrons. The second kappa shape index (κ2) is 8.56. The fraction of sp³-hybridized carbons (Fsp3) is 0.846. The van der Waals surface area contributed by atoms with Gasteiger partial charge in [-0.05, 0) is 44.8 Å². The average molecular weight is 271 g/mol. The summed E-state index contributed by atoms with van der Waals surface area (Å²) in [4.78, 5) is 1.24. The molecule has 1 rings (SSSR count). The van der Waals surface area contributed by atoms with Crippen LogP contribution in [0.15, 0.2) is 0 Å². The Bertz CT molecular complexity index is 328. The van der Waals surface area contributed by atoms with E-state index in [2.05, 4.69) is 42.6 Å². The summed E-state index contributed by atoms with van der Waals surface area (Å²) in [5.74, 6) is 0. The maximum absolute atomic E-state index is 5.75. The highest BCUT2D eigenvalue weighted by Crippen LogP contribution is 2.22. The first kappa shape index (κ1) is 15.5. The first-order valence-electron chi connectivity index (χ1n) is 6.85. The quantitative estimate of drug-likeness (QED) is 0.750. The van der Waals surface area contributed by atoms with Crippen molar-refractivity contribution in [3.8, 4) is 0 Å². The van der Waals surface area contributed by atoms with Gasteiger partial charge >= 0.3 is 0 Å². The lowest BCUT2D eigenvalue weighted by molar-refractivity contribution is 0.0616. The van der Waals surface area contributed by atoms with Gasteiger partial charge < -0.3 is 10.1 Å². The van der Waals surface area contributed by atoms with Crippen LogP contribution in [0.4, 0.5) is 0 Å². The van der Waals surface area contributed by atoms with Crippen molar-refractivity contribution in [2.24, 2.45) is 0 Å². The van der Waals surface area contributed by atoms with Crippen molar-refractivity contribution in [1.29, 1.82) is 0 Å². The zero-order chi connectivity index (χ0) is 13.4. The summed E-state index contributed by atoms with van der Waals surface area (Å²) in [6.45, 7) is 10.2. The van der Waals surface area contributed by atoms with Crippen molar-refractivity contribution in [2.45, 2.75) is 59.1 Å². The van der Waals surface area contributed by atoms with Crippen LogP contribution < -0.4 is 5.32 Å². The van der Waals surface area contributed by atoms with Crippen LogP contribution in [0.3, 0.4) is 0 Å². The Balaban J connectivity index is 2.69. The van der Waals surface area contributed by atoms with Gasteiger partial charge in [0.15, 0.2) is 0 Å². The largest absolute Gasteiger partial charge is 0.377 e. The van der Waals surface area contributed by atoms with Crippen LogP contribution in [0.5, 0.6) is 0 Å². The Morgan fingerprint density at radius 1 is 1.28 bits per heavy atom. The van der Waals surface area contributed by atoms with Crippen LogP contribution in [-0.4, -0.2) is 28.8 Å². The van der Waals surface area contributed by atoms with Crippen LogP contribution in [0.2, 0.25) is 0 Å². The van der Waals surface area contributed by atoms with E-state index in [1.54, 1.807) is 0 Å². The second-order valence-corrected chi connectivity index (χ2v) is 5.51. The van der Waals surface area contributed by atoms with Crippen molar-refractivity contribution < 1.29 is 4.74 Å². The van der Waals surface area contributed by atoms with Crippen LogP contribution in [0, 0.1) is 0 Å². The topological polar surface area (TPSA) is 47.0 Å². The fourth-order valence-corrected chi connectivity index (χ4v) is 2.48. The Hall–Kier alpha value is -0.520. The third-order valence-corrected chi connectivity index (χ3v) is 3.51. The number of ether oxygens (including phenoxy) is 1. The molecule has 18 heavy (non-hydrogen) atoms. The molecule has 4 nitrogen and oxygen atoms in total. The third-order valence-electron chi connectivity index (χ3n) is 2.63. The summed E-state index contributed by atoms with van der Waals surface area (Å²) in [6, 6.07) is 0.230. The molecule has 1 unspecified atom stereocenters. The minimum atomic E-state index is 0.230. The molecule has 1 aromatic rings. The fourth-order valence-electron chi connectivity index (χ4n) is 1.72. The lowest BCUT2D eigenvalue weighted by Gasteiger charge is -2.19. The summed E-state index contributed by atoms with van der Waals surface area (Å²) in [5.41, 5.74) is 1.13. The van der Waals surface area contributed by atoms with E-state index in [9.17, 15) is 0 Å². The lowest BCUT2D eigenvalue weighted by Crippen LogP contribution is -2.27. The van der Waals surface area contributed by atoms with Gasteiger partial charge in [0.25, 0.3) is 0 Å². The van der Waals surface area contributed by atoms with Crippen molar-refractivity contribution >= 4 is 11.5 Å². The number of rotatable bonds is 9. The molecule has 1 aromatic heterocycles. The molecule has 0 fully saturated rings. The molecule has 0 spiro atoms. The van der Waals surface area contributed by atoms with Gasteiger partial charge in [-0.2, -0.15) is 0 Å². The molecule has 0 aliphatic heterocycles. The van der Waals surface area contributed by atoms with Crippen molar-refractivity contribution in [3.05, 3.63) is 10.6 Å². The van der Waals surface area contributed by atoms with Gasteiger partial charge in [-0.25, -0.2) is 0 Å². The number of nitrogens with one attached hydrogen (secondary N) is 1. The summed E-state index contributed by atoms with van der Waals surface area (Å²) in [6.07, 6.45) is 3.47. The van der Waals surface area contributed by atoms with Gasteiger partial charge in [0.2, 0.25) is 0 Å². The van der Waals surface area contributed by atoms with Gasteiger partial charge in [0, 0.05) is 0 Å². The smallest absolute Gasteiger partial charge is 0.0804 e. The number of aryl methyl sites for hydroxylation is 1. The average Bonchev–Trinajstić information content (AvgIpc) is 2.78. The van der Waals surface area contributed by atoms with Crippen LogP contribution in [-0.2, 0) is 11.2 Å². The van der Waals surface area contributed by atoms with E-state index in [0.717, 1.165) is 31.5 Å². The van der Waals surface area contributed by atoms with E-state index >= 15 is 0 Å². The Morgan fingerprint density at radius 2 is 2.06 bits per heavy atom. The molecule has 0 radical (unpaired) electrons. The minimum Gasteiger partial charge on any atom is -0.377 e. The Labute approximate surface area is 114 Å². The first-order chi connectivity index (χ1) is 8.69. The van der Waals surface area contributed by atoms with Gasteiger partial charge in [-0.1, -0.05) is 24.8 Å². The van der Waals surface area contributed by atoms with E-state index in [1.807, 2.05) is 0 Å². The third kappa shape index (κ3) is 5.00. The number of nitrogens with zero attached hydrogens (tertiary/aromatic N) is 2. The zero-order valence-electron chi connectivity index (χ0n) is 11.9. The van der Waals surface area contributed by atoms with Crippen LogP contribution >= 0.6 is 11.5 Å². The Kier molecular flexibility index (Phi) is 7.39. The standard InChI is InChI=1S/C13H25N3OS/c1-5-7-11-13(18-16-15-11)12(14-8-6-2)9-17-10(3)4/h10,12,14H,5-9H2,1-4H3. The number of hydrogen-bond acceptors (Lipinski definition) is 5. The van der Waals surface area contributed by atoms with E-state index in [0.29, 0.717) is 6.61 Å². The molecule has 0 saturated carbocycles. The summed E-state index contributed by atoms with van der Waals surface area (Å²) < 4.78 is 9.84. The van der Waals surface area contributed by atoms with Gasteiger partial charge in [0.05, 0.1) is 29.3 Å². The van der Waals surface area contributed by atoms with Gasteiger partial charge in [0.1, 0.15) is 0 Å². The van der Waals surface area contributed by atoms with E-state index in [4.69, 9.17) is 4.74 Å². The first-order valence-corrected chi connectivity index (χ1v) is 7.62. The number of aromatic nitrogens is 2. The maximum atomic E-state index is 5.75. The molecule has 0 aliphatic carbocycles. The van der Waals surface area contributed by atoms with E-state index in [-0.39, 0.29) is 12.1 Å². The molecule has 1 N–H and O–H groups in total. The summed E-state index contributed by atoms with van der Waals surface area (Å²) in [5, 5.41) is 7.77. The zero-order valence-corrected chi connectivity index (χ0v) is 12.7. The summed E-state index contributed by atoms with van der Waals surface area (Å²) in [7, 11) is 0. The summed E-state index contributed by atoms with van der Waals surface area (Å²) >= 11 is 1.50. The minimum absolute atomic E-state index is 0.230. The van der Waals surface area contributed by atoms with Crippen molar-refractivity contribution in [3.63, 3.8) is 0 Å². The molecule has 0 aliphatic rings. The molecular weight excluding hydrogens is 246 g/mol. The normalized spacial score (nSPS) is 13.2. The molecule has 1 atom stereocenters. The molecule has 0 aromatic carbocycles.